The van der Waals surface area contributed by atoms with Crippen LogP contribution in [0.2, 0.25) is 0 Å². The Balaban J connectivity index is 0.000000771. The third kappa shape index (κ3) is 4.06. The highest BCUT2D eigenvalue weighted by Gasteiger charge is 1.92. The van der Waals surface area contributed by atoms with Gasteiger partial charge in [-0.25, -0.2) is 0 Å². The minimum Gasteiger partial charge on any atom is -0.106 e. The van der Waals surface area contributed by atoms with Gasteiger partial charge in [-0.1, -0.05) is 60.7 Å². The number of aryl methyl sites for hydroxylation is 2. The Morgan fingerprint density at radius 1 is 0.722 bits per heavy atom. The third-order valence-corrected chi connectivity index (χ3v) is 2.80. The minimum atomic E-state index is 1.24. The molecule has 0 aliphatic rings. The maximum Gasteiger partial charge on any atom is -0.0254 e. The summed E-state index contributed by atoms with van der Waals surface area (Å²) in [6, 6.07) is 16.9. The molecule has 0 atom stereocenters. The second-order valence-corrected chi connectivity index (χ2v) is 4.09. The molecule has 0 nitrogen and oxygen atoms in total. The highest BCUT2D eigenvalue weighted by atomic mass is 14.0. The van der Waals surface area contributed by atoms with E-state index in [-0.39, 0.29) is 0 Å². The molecule has 0 heterocycles. The molecule has 0 spiro atoms. The fourth-order valence-electron chi connectivity index (χ4n) is 1.62. The fourth-order valence-corrected chi connectivity index (χ4v) is 1.62. The van der Waals surface area contributed by atoms with E-state index in [0.29, 0.717) is 0 Å². The molecule has 0 aliphatic carbocycles. The largest absolute Gasteiger partial charge is 0.106 e. The average Bonchev–Trinajstić information content (AvgIpc) is 2.44. The summed E-state index contributed by atoms with van der Waals surface area (Å²) in [5.41, 5.74) is 5.18. The summed E-state index contributed by atoms with van der Waals surface area (Å²) in [6.45, 7) is 10.3. The van der Waals surface area contributed by atoms with Crippen LogP contribution in [0.15, 0.2) is 61.7 Å². The Morgan fingerprint density at radius 3 is 1.94 bits per heavy atom. The smallest absolute Gasteiger partial charge is 0.0254 e. The van der Waals surface area contributed by atoms with Crippen molar-refractivity contribution < 1.29 is 0 Å². The van der Waals surface area contributed by atoms with Gasteiger partial charge in [0, 0.05) is 0 Å². The molecule has 2 aromatic carbocycles. The summed E-state index contributed by atoms with van der Waals surface area (Å²) in [6.07, 6.45) is 4.30. The second kappa shape index (κ2) is 7.29. The van der Waals surface area contributed by atoms with Gasteiger partial charge in [0.1, 0.15) is 0 Å². The van der Waals surface area contributed by atoms with Crippen LogP contribution in [0.1, 0.15) is 22.3 Å². The molecule has 0 fully saturated rings. The Bertz CT molecular complexity index is 507. The van der Waals surface area contributed by atoms with Crippen molar-refractivity contribution in [3.05, 3.63) is 83.9 Å². The van der Waals surface area contributed by atoms with E-state index >= 15 is 0 Å². The molecular weight excluding hydrogens is 216 g/mol. The van der Waals surface area contributed by atoms with E-state index in [4.69, 9.17) is 0 Å². The van der Waals surface area contributed by atoms with Crippen LogP contribution in [0.4, 0.5) is 0 Å². The molecule has 0 heteroatoms. The maximum absolute atomic E-state index is 3.00. The van der Waals surface area contributed by atoms with Crippen molar-refractivity contribution in [3.63, 3.8) is 0 Å². The molecule has 0 saturated heterocycles. The number of hydrogen-bond acceptors (Lipinski definition) is 0. The second-order valence-electron chi connectivity index (χ2n) is 4.09. The van der Waals surface area contributed by atoms with E-state index in [9.17, 15) is 0 Å². The first-order valence-corrected chi connectivity index (χ1v) is 6.06. The predicted molar refractivity (Wildman–Crippen MR) is 82.5 cm³/mol. The molecule has 18 heavy (non-hydrogen) atoms. The van der Waals surface area contributed by atoms with Gasteiger partial charge in [-0.05, 0) is 36.1 Å². The molecule has 0 bridgehead atoms. The van der Waals surface area contributed by atoms with Crippen molar-refractivity contribution in [2.24, 2.45) is 0 Å². The van der Waals surface area contributed by atoms with E-state index in [2.05, 4.69) is 81.6 Å². The van der Waals surface area contributed by atoms with E-state index in [0.717, 1.165) is 0 Å². The molecule has 0 radical (unpaired) electrons. The lowest BCUT2D eigenvalue weighted by Crippen LogP contribution is -1.81. The lowest BCUT2D eigenvalue weighted by atomic mass is 10.1. The van der Waals surface area contributed by atoms with Gasteiger partial charge in [0.15, 0.2) is 0 Å². The standard InChI is InChI=1S/C16H16.C2H4/c1-13-8-9-16(12-14(13)2)11-10-15-6-4-3-5-7-15;1-2/h3-12H,1-2H3;1-2H2/b11-10+;. The zero-order valence-electron chi connectivity index (χ0n) is 11.2. The molecule has 0 N–H and O–H groups in total. The summed E-state index contributed by atoms with van der Waals surface area (Å²) in [5.74, 6) is 0. The molecule has 0 amide bonds. The monoisotopic (exact) mass is 236 g/mol. The Morgan fingerprint density at radius 2 is 1.33 bits per heavy atom. The zero-order chi connectivity index (χ0) is 13.4. The summed E-state index contributed by atoms with van der Waals surface area (Å²) >= 11 is 0. The fraction of sp³-hybridized carbons (Fsp3) is 0.111. The number of rotatable bonds is 2. The van der Waals surface area contributed by atoms with Gasteiger partial charge in [-0.3, -0.25) is 0 Å². The van der Waals surface area contributed by atoms with Crippen LogP contribution in [0, 0.1) is 13.8 Å². The van der Waals surface area contributed by atoms with Crippen molar-refractivity contribution >= 4 is 12.2 Å². The highest BCUT2D eigenvalue weighted by molar-refractivity contribution is 5.69. The van der Waals surface area contributed by atoms with Crippen molar-refractivity contribution in [1.29, 1.82) is 0 Å². The lowest BCUT2D eigenvalue weighted by molar-refractivity contribution is 1.33. The maximum atomic E-state index is 3.00. The first-order chi connectivity index (χ1) is 8.75. The molecule has 2 rings (SSSR count). The van der Waals surface area contributed by atoms with Gasteiger partial charge in [0.25, 0.3) is 0 Å². The van der Waals surface area contributed by atoms with Crippen LogP contribution >= 0.6 is 0 Å². The molecule has 0 saturated carbocycles. The molecule has 0 unspecified atom stereocenters. The minimum absolute atomic E-state index is 1.24. The van der Waals surface area contributed by atoms with Crippen LogP contribution in [-0.2, 0) is 0 Å². The van der Waals surface area contributed by atoms with E-state index in [1.807, 2.05) is 6.07 Å². The molecule has 92 valence electrons. The lowest BCUT2D eigenvalue weighted by Gasteiger charge is -2.00. The predicted octanol–water partition coefficient (Wildman–Crippen LogP) is 5.28. The average molecular weight is 236 g/mol. The topological polar surface area (TPSA) is 0 Å². The number of benzene rings is 2. The first kappa shape index (κ1) is 14.0. The van der Waals surface area contributed by atoms with E-state index in [1.54, 1.807) is 0 Å². The Labute approximate surface area is 110 Å². The van der Waals surface area contributed by atoms with Crippen LogP contribution in [-0.4, -0.2) is 0 Å². The summed E-state index contributed by atoms with van der Waals surface area (Å²) in [5, 5.41) is 0. The first-order valence-electron chi connectivity index (χ1n) is 6.06. The third-order valence-electron chi connectivity index (χ3n) is 2.80. The molecular formula is C18H20. The van der Waals surface area contributed by atoms with Crippen LogP contribution in [0.25, 0.3) is 12.2 Å². The van der Waals surface area contributed by atoms with Crippen molar-refractivity contribution in [2.75, 3.05) is 0 Å². The summed E-state index contributed by atoms with van der Waals surface area (Å²) in [4.78, 5) is 0. The Kier molecular flexibility index (Phi) is 5.66. The normalized spacial score (nSPS) is 9.89. The van der Waals surface area contributed by atoms with Crippen molar-refractivity contribution in [2.45, 2.75) is 13.8 Å². The van der Waals surface area contributed by atoms with Crippen LogP contribution < -0.4 is 0 Å². The molecule has 2 aromatic rings. The van der Waals surface area contributed by atoms with Crippen molar-refractivity contribution in [1.82, 2.24) is 0 Å². The SMILES string of the molecule is C=C.Cc1ccc(/C=C/c2ccccc2)cc1C. The number of hydrogen-bond donors (Lipinski definition) is 0. The quantitative estimate of drug-likeness (QED) is 0.492. The van der Waals surface area contributed by atoms with Crippen LogP contribution in [0.5, 0.6) is 0 Å². The van der Waals surface area contributed by atoms with E-state index in [1.165, 1.54) is 22.3 Å². The van der Waals surface area contributed by atoms with Gasteiger partial charge in [-0.15, -0.1) is 13.2 Å². The molecule has 0 aromatic heterocycles. The van der Waals surface area contributed by atoms with Gasteiger partial charge in [0.2, 0.25) is 0 Å². The van der Waals surface area contributed by atoms with Gasteiger partial charge >= 0.3 is 0 Å². The molecule has 0 aliphatic heterocycles. The van der Waals surface area contributed by atoms with Gasteiger partial charge < -0.3 is 0 Å². The summed E-state index contributed by atoms with van der Waals surface area (Å²) in [7, 11) is 0. The summed E-state index contributed by atoms with van der Waals surface area (Å²) < 4.78 is 0. The van der Waals surface area contributed by atoms with Crippen molar-refractivity contribution in [3.8, 4) is 0 Å². The Hall–Kier alpha value is -2.08. The van der Waals surface area contributed by atoms with E-state index < -0.39 is 0 Å². The zero-order valence-corrected chi connectivity index (χ0v) is 11.2. The highest BCUT2D eigenvalue weighted by Crippen LogP contribution is 2.12. The van der Waals surface area contributed by atoms with Gasteiger partial charge in [0.05, 0.1) is 0 Å². The van der Waals surface area contributed by atoms with Gasteiger partial charge in [-0.2, -0.15) is 0 Å². The van der Waals surface area contributed by atoms with Crippen LogP contribution in [0.3, 0.4) is 0 Å².